The molecule has 0 fully saturated rings. The van der Waals surface area contributed by atoms with Gasteiger partial charge in [-0.2, -0.15) is 0 Å². The van der Waals surface area contributed by atoms with Gasteiger partial charge >= 0.3 is 36.6 Å². The minimum absolute atomic E-state index is 0.0707. The number of aromatic nitrogens is 8. The summed E-state index contributed by atoms with van der Waals surface area (Å²) < 4.78 is 62.3. The van der Waals surface area contributed by atoms with Gasteiger partial charge in [0, 0.05) is 129 Å². The van der Waals surface area contributed by atoms with Crippen LogP contribution in [0.5, 0.6) is 0 Å². The van der Waals surface area contributed by atoms with Crippen molar-refractivity contribution in [2.75, 3.05) is 79.8 Å². The third-order valence-electron chi connectivity index (χ3n) is 19.7. The van der Waals surface area contributed by atoms with E-state index in [1.807, 2.05) is 171 Å². The van der Waals surface area contributed by atoms with Crippen molar-refractivity contribution in [3.05, 3.63) is 112 Å². The summed E-state index contributed by atoms with van der Waals surface area (Å²) in [4.78, 5) is 104. The van der Waals surface area contributed by atoms with Gasteiger partial charge in [-0.05, 0) is 336 Å². The van der Waals surface area contributed by atoms with Crippen LogP contribution in [0.3, 0.4) is 0 Å². The smallest absolute Gasteiger partial charge is 0.420 e. The first-order valence-corrected chi connectivity index (χ1v) is 45.0. The second-order valence-electron chi connectivity index (χ2n) is 36.1. The van der Waals surface area contributed by atoms with Crippen LogP contribution < -0.4 is 5.32 Å². The SMILES string of the molecule is CC(C)(C)OC(=O)NC1CCc2c(c3ccc(Br)nc3n2C(=O)OC(C)(C)C)C1.COCCBr.COCCN(C(=O)OC(C)(C)C)C1CCc2[nH]c3nc(Br)ccc3c2C1.COCCN(C(=O)OC(C)(C)C)C1CCc2c(c3ccc(Br)nc3n2C(=O)OC(C)(C)C)C1.COCCN(C(=O)OC(C)(C)C)C1CCc2c(c3ccc(Br)nc3n2C)C1. The van der Waals surface area contributed by atoms with Crippen LogP contribution in [0.1, 0.15) is 195 Å². The van der Waals surface area contributed by atoms with Gasteiger partial charge in [0.2, 0.25) is 0 Å². The van der Waals surface area contributed by atoms with Crippen LogP contribution in [0.2, 0.25) is 0 Å². The van der Waals surface area contributed by atoms with E-state index in [4.69, 9.17) is 42.6 Å². The number of alkyl carbamates (subject to hydrolysis) is 1. The highest BCUT2D eigenvalue weighted by Gasteiger charge is 2.40. The molecule has 4 aliphatic rings. The Hall–Kier alpha value is -6.98. The number of carbonyl (C=O) groups excluding carboxylic acids is 6. The number of rotatable bonds is 15. The summed E-state index contributed by atoms with van der Waals surface area (Å²) in [7, 11) is 8.67. The molecule has 8 heterocycles. The van der Waals surface area contributed by atoms with Crippen LogP contribution in [-0.2, 0) is 106 Å². The van der Waals surface area contributed by atoms with Gasteiger partial charge in [0.1, 0.15) is 63.3 Å². The molecular formula is C87H123Br5N12O16. The molecule has 8 aromatic heterocycles. The molecule has 120 heavy (non-hydrogen) atoms. The first kappa shape index (κ1) is 98.5. The number of hydrogen-bond donors (Lipinski definition) is 2. The maximum atomic E-state index is 13.1. The average molecular weight is 1990 g/mol. The minimum atomic E-state index is -0.628. The minimum Gasteiger partial charge on any atom is -0.444 e. The number of aryl methyl sites for hydroxylation is 2. The van der Waals surface area contributed by atoms with Gasteiger partial charge in [-0.1, -0.05) is 15.9 Å². The second kappa shape index (κ2) is 42.1. The first-order valence-electron chi connectivity index (χ1n) is 40.7. The van der Waals surface area contributed by atoms with Crippen LogP contribution in [0.25, 0.3) is 44.1 Å². The largest absolute Gasteiger partial charge is 0.444 e. The summed E-state index contributed by atoms with van der Waals surface area (Å²) >= 11 is 16.9. The predicted molar refractivity (Wildman–Crippen MR) is 483 cm³/mol. The molecule has 0 aliphatic heterocycles. The lowest BCUT2D eigenvalue weighted by Crippen LogP contribution is -2.47. The van der Waals surface area contributed by atoms with Crippen molar-refractivity contribution in [1.29, 1.82) is 0 Å². The highest BCUT2D eigenvalue weighted by molar-refractivity contribution is 9.11. The number of pyridine rings is 4. The number of carbonyl (C=O) groups is 6. The van der Waals surface area contributed by atoms with E-state index in [0.717, 1.165) is 115 Å². The highest BCUT2D eigenvalue weighted by atomic mass is 79.9. The first-order chi connectivity index (χ1) is 56.0. The molecule has 0 saturated carbocycles. The monoisotopic (exact) mass is 1990 g/mol. The van der Waals surface area contributed by atoms with Crippen LogP contribution in [-0.4, -0.2) is 227 Å². The molecule has 4 aliphatic carbocycles. The van der Waals surface area contributed by atoms with Crippen LogP contribution in [0, 0.1) is 0 Å². The fraction of sp³-hybridized carbons (Fsp3) is 0.609. The number of aromatic amines is 1. The molecule has 8 aromatic rings. The number of fused-ring (bicyclic) bond motifs is 12. The third kappa shape index (κ3) is 27.5. The zero-order chi connectivity index (χ0) is 88.9. The Labute approximate surface area is 747 Å². The van der Waals surface area contributed by atoms with Crippen molar-refractivity contribution in [2.24, 2.45) is 7.05 Å². The van der Waals surface area contributed by atoms with E-state index in [-0.39, 0.29) is 42.4 Å². The molecule has 4 unspecified atom stereocenters. The summed E-state index contributed by atoms with van der Waals surface area (Å²) in [6.45, 7) is 37.2. The van der Waals surface area contributed by atoms with E-state index >= 15 is 0 Å². The molecule has 4 atom stereocenters. The van der Waals surface area contributed by atoms with E-state index in [1.165, 1.54) is 22.5 Å². The molecule has 33 heteroatoms. The number of halogens is 5. The highest BCUT2D eigenvalue weighted by Crippen LogP contribution is 2.39. The Morgan fingerprint density at radius 1 is 0.417 bits per heavy atom. The summed E-state index contributed by atoms with van der Waals surface area (Å²) in [5, 5.41) is 7.96. The van der Waals surface area contributed by atoms with Gasteiger partial charge in [-0.25, -0.2) is 57.8 Å². The fourth-order valence-electron chi connectivity index (χ4n) is 14.9. The summed E-state index contributed by atoms with van der Waals surface area (Å²) in [5.41, 5.74) is 8.46. The van der Waals surface area contributed by atoms with Gasteiger partial charge in [0.05, 0.1) is 26.4 Å². The van der Waals surface area contributed by atoms with Gasteiger partial charge in [0.25, 0.3) is 0 Å². The molecular weight excluding hydrogens is 1870 g/mol. The molecule has 0 spiro atoms. The third-order valence-corrected chi connectivity index (χ3v) is 21.8. The molecule has 0 radical (unpaired) electrons. The van der Waals surface area contributed by atoms with Crippen LogP contribution in [0.4, 0.5) is 28.8 Å². The van der Waals surface area contributed by atoms with Crippen molar-refractivity contribution < 1.29 is 76.1 Å². The Balaban J connectivity index is 0.000000196. The maximum absolute atomic E-state index is 13.1. The number of alkyl halides is 1. The van der Waals surface area contributed by atoms with Crippen molar-refractivity contribution in [1.82, 2.24) is 58.6 Å². The Bertz CT molecular complexity index is 4880. The molecule has 28 nitrogen and oxygen atoms in total. The molecule has 4 amide bonds. The Morgan fingerprint density at radius 2 is 0.750 bits per heavy atom. The normalized spacial score (nSPS) is 16.5. The summed E-state index contributed by atoms with van der Waals surface area (Å²) in [6.07, 6.45) is 6.81. The molecule has 2 N–H and O–H groups in total. The van der Waals surface area contributed by atoms with Crippen molar-refractivity contribution in [3.63, 3.8) is 0 Å². The fourth-order valence-corrected chi connectivity index (χ4v) is 16.4. The lowest BCUT2D eigenvalue weighted by atomic mass is 9.90. The van der Waals surface area contributed by atoms with Gasteiger partial charge in [-0.15, -0.1) is 0 Å². The second-order valence-corrected chi connectivity index (χ2v) is 40.1. The molecule has 0 aromatic carbocycles. The predicted octanol–water partition coefficient (Wildman–Crippen LogP) is 19.5. The zero-order valence-electron chi connectivity index (χ0n) is 74.0. The van der Waals surface area contributed by atoms with Crippen molar-refractivity contribution in [3.8, 4) is 0 Å². The topological polar surface area (TPSA) is 299 Å². The lowest BCUT2D eigenvalue weighted by Gasteiger charge is -2.35. The van der Waals surface area contributed by atoms with Gasteiger partial charge in [0.15, 0.2) is 11.3 Å². The number of nitrogens with one attached hydrogen (secondary N) is 2. The number of H-pyrrole nitrogens is 1. The van der Waals surface area contributed by atoms with E-state index < -0.39 is 51.9 Å². The number of methoxy groups -OCH3 is 4. The van der Waals surface area contributed by atoms with Crippen LogP contribution >= 0.6 is 79.6 Å². The number of hydrogen-bond acceptors (Lipinski definition) is 20. The van der Waals surface area contributed by atoms with Gasteiger partial charge < -0.3 is 76.9 Å². The number of nitrogens with zero attached hydrogens (tertiary/aromatic N) is 10. The summed E-state index contributed by atoms with van der Waals surface area (Å²) in [5.74, 6) is 0. The van der Waals surface area contributed by atoms with E-state index in [1.54, 1.807) is 42.5 Å². The molecule has 12 rings (SSSR count). The molecule has 662 valence electrons. The number of ether oxygens (including phenoxy) is 10. The van der Waals surface area contributed by atoms with Crippen molar-refractivity contribution >= 4 is 160 Å². The number of amides is 4. The van der Waals surface area contributed by atoms with Gasteiger partial charge in [-0.3, -0.25) is 0 Å². The van der Waals surface area contributed by atoms with E-state index in [2.05, 4.69) is 138 Å². The Kier molecular flexibility index (Phi) is 34.6. The molecule has 0 bridgehead atoms. The quantitative estimate of drug-likeness (QED) is 0.0547. The lowest BCUT2D eigenvalue weighted by molar-refractivity contribution is 0.00784. The average Bonchev–Trinajstić information content (AvgIpc) is 1.60. The standard InChI is InChI=1S/C24H34BrN3O5.C21H28BrN3O4.C20H28BrN3O3.C19H26BrN3O3.C3H7BrO/c1-23(2,3)32-21(29)27(12-13-31-7)15-8-10-18-17(14-15)16-9-11-19(25)26-20(16)28(18)22(30)33-24(4,5)6;1-20(2,3)28-18(26)23-12-7-9-15-14(11-12)13-8-10-16(22)24-17(13)25(15)19(27)29-21(4,5)6;1-20(2,3)27-19(25)24(10-11-26-5)13-6-8-16-15(12-13)14-7-9-17(21)22-18(14)23(16)4;1-19(2,3)26-18(24)23(9-10-25-4)12-5-7-15-14(11-12)13-6-8-16(20)22-17(13)21-15;1-5-3-2-4/h9,11,15H,8,10,12-14H2,1-7H3;8,10,12H,7,9,11H2,1-6H3,(H,23,26);7,9,13H,6,8,10-12H2,1-5H3;6,8,12H,5,7,9-11H2,1-4H3,(H,21,22);2-3H2,1H3. The maximum Gasteiger partial charge on any atom is 0.420 e. The Morgan fingerprint density at radius 3 is 1.13 bits per heavy atom. The van der Waals surface area contributed by atoms with Crippen LogP contribution in [0.15, 0.2) is 66.9 Å². The zero-order valence-corrected chi connectivity index (χ0v) is 81.9. The van der Waals surface area contributed by atoms with E-state index in [9.17, 15) is 28.8 Å². The van der Waals surface area contributed by atoms with E-state index in [0.29, 0.717) is 98.5 Å². The van der Waals surface area contributed by atoms with Crippen molar-refractivity contribution in [2.45, 2.75) is 259 Å². The molecule has 0 saturated heterocycles. The summed E-state index contributed by atoms with van der Waals surface area (Å²) in [6, 6.07) is 15.8.